The molecule has 0 bridgehead atoms. The molecule has 128 valence electrons. The molecule has 0 atom stereocenters. The van der Waals surface area contributed by atoms with E-state index in [4.69, 9.17) is 17.7 Å². The summed E-state index contributed by atoms with van der Waals surface area (Å²) in [6, 6.07) is 1.52. The van der Waals surface area contributed by atoms with E-state index >= 15 is 0 Å². The highest BCUT2D eigenvalue weighted by molar-refractivity contribution is 6.73. The molecule has 0 fully saturated rings. The Balaban J connectivity index is 3.78. The molecule has 9 heteroatoms. The van der Waals surface area contributed by atoms with Gasteiger partial charge in [0.2, 0.25) is 8.32 Å². The van der Waals surface area contributed by atoms with Crippen molar-refractivity contribution in [1.82, 2.24) is 5.32 Å². The summed E-state index contributed by atoms with van der Waals surface area (Å²) >= 11 is 0. The molecule has 0 heterocycles. The van der Waals surface area contributed by atoms with Crippen LogP contribution in [0.15, 0.2) is 0 Å². The van der Waals surface area contributed by atoms with Gasteiger partial charge in [0, 0.05) is 34.5 Å². The van der Waals surface area contributed by atoms with Gasteiger partial charge in [-0.25, -0.2) is 0 Å². The Bertz CT molecular complexity index is 211. The van der Waals surface area contributed by atoms with Gasteiger partial charge in [0.25, 0.3) is 0 Å². The lowest BCUT2D eigenvalue weighted by Crippen LogP contribution is -2.47. The summed E-state index contributed by atoms with van der Waals surface area (Å²) in [6.07, 6.45) is 1.71. The highest BCUT2D eigenvalue weighted by atomic mass is 28.4. The summed E-state index contributed by atoms with van der Waals surface area (Å²) < 4.78 is 21.4. The number of rotatable bonds is 14. The van der Waals surface area contributed by atoms with Crippen LogP contribution in [0.25, 0.3) is 0 Å². The summed E-state index contributed by atoms with van der Waals surface area (Å²) in [7, 11) is 1.65. The van der Waals surface area contributed by atoms with Crippen LogP contribution in [0.2, 0.25) is 12.1 Å². The molecule has 0 aliphatic heterocycles. The third-order valence-corrected chi connectivity index (χ3v) is 9.88. The van der Waals surface area contributed by atoms with Crippen LogP contribution in [0.5, 0.6) is 0 Å². The Morgan fingerprint density at radius 3 is 1.62 bits per heavy atom. The van der Waals surface area contributed by atoms with Crippen molar-refractivity contribution in [2.24, 2.45) is 0 Å². The Kier molecular flexibility index (Phi) is 11.8. The number of aliphatic hydroxyl groups excluding tert-OH is 2. The van der Waals surface area contributed by atoms with Crippen molar-refractivity contribution >= 4 is 17.1 Å². The second kappa shape index (κ2) is 11.7. The molecule has 0 aliphatic rings. The molecule has 0 aromatic heterocycles. The van der Waals surface area contributed by atoms with Crippen LogP contribution in [0.4, 0.5) is 0 Å². The van der Waals surface area contributed by atoms with Crippen LogP contribution in [0.3, 0.4) is 0 Å². The molecule has 0 amide bonds. The predicted molar refractivity (Wildman–Crippen MR) is 85.4 cm³/mol. The van der Waals surface area contributed by atoms with Gasteiger partial charge in [0.15, 0.2) is 0 Å². The molecule has 0 aromatic rings. The molecular formula is C12H31NO6Si2. The van der Waals surface area contributed by atoms with E-state index in [2.05, 4.69) is 5.32 Å². The number of hydrogen-bond donors (Lipinski definition) is 3. The summed E-state index contributed by atoms with van der Waals surface area (Å²) in [5.41, 5.74) is 0. The Morgan fingerprint density at radius 2 is 1.24 bits per heavy atom. The largest absolute Gasteiger partial charge is 0.500 e. The van der Waals surface area contributed by atoms with Gasteiger partial charge in [-0.3, -0.25) is 0 Å². The highest BCUT2D eigenvalue weighted by Gasteiger charge is 2.36. The fraction of sp³-hybridized carbons (Fsp3) is 1.00. The zero-order chi connectivity index (χ0) is 16.2. The Labute approximate surface area is 130 Å². The monoisotopic (exact) mass is 341 g/mol. The third kappa shape index (κ3) is 7.30. The molecule has 0 saturated carbocycles. The van der Waals surface area contributed by atoms with Crippen molar-refractivity contribution in [3.8, 4) is 0 Å². The van der Waals surface area contributed by atoms with Gasteiger partial charge in [-0.1, -0.05) is 0 Å². The second-order valence-electron chi connectivity index (χ2n) is 4.96. The molecule has 0 aliphatic carbocycles. The van der Waals surface area contributed by atoms with Crippen LogP contribution in [-0.4, -0.2) is 81.3 Å². The highest BCUT2D eigenvalue weighted by Crippen LogP contribution is 2.14. The first-order valence-electron chi connectivity index (χ1n) is 7.20. The molecule has 21 heavy (non-hydrogen) atoms. The zero-order valence-corrected chi connectivity index (χ0v) is 15.7. The summed E-state index contributed by atoms with van der Waals surface area (Å²) in [6.45, 7) is 1.68. The molecule has 0 radical (unpaired) electrons. The molecule has 0 aromatic carbocycles. The maximum absolute atomic E-state index is 9.31. The average Bonchev–Trinajstić information content (AvgIpc) is 2.55. The van der Waals surface area contributed by atoms with Crippen molar-refractivity contribution < 1.29 is 27.9 Å². The predicted octanol–water partition coefficient (Wildman–Crippen LogP) is -0.111. The van der Waals surface area contributed by atoms with E-state index in [9.17, 15) is 10.2 Å². The first kappa shape index (κ1) is 21.2. The van der Waals surface area contributed by atoms with Crippen molar-refractivity contribution in [1.29, 1.82) is 0 Å². The van der Waals surface area contributed by atoms with Crippen LogP contribution >= 0.6 is 0 Å². The third-order valence-electron chi connectivity index (χ3n) is 3.76. The minimum atomic E-state index is -2.45. The van der Waals surface area contributed by atoms with E-state index in [1.807, 2.05) is 0 Å². The van der Waals surface area contributed by atoms with Crippen molar-refractivity contribution in [3.05, 3.63) is 0 Å². The number of nitrogens with one attached hydrogen (secondary N) is 1. The fourth-order valence-electron chi connectivity index (χ4n) is 2.09. The van der Waals surface area contributed by atoms with Gasteiger partial charge in [-0.2, -0.15) is 0 Å². The van der Waals surface area contributed by atoms with E-state index in [1.165, 1.54) is 0 Å². The Hall–Kier alpha value is 0.154. The van der Waals surface area contributed by atoms with Gasteiger partial charge in [-0.15, -0.1) is 0 Å². The molecule has 7 nitrogen and oxygen atoms in total. The van der Waals surface area contributed by atoms with Gasteiger partial charge in [-0.05, 0) is 32.0 Å². The van der Waals surface area contributed by atoms with Crippen LogP contribution in [-0.2, 0) is 17.7 Å². The molecular weight excluding hydrogens is 310 g/mol. The second-order valence-corrected chi connectivity index (χ2v) is 12.0. The number of hydrogen-bond acceptors (Lipinski definition) is 7. The minimum absolute atomic E-state index is 0.0381. The van der Waals surface area contributed by atoms with Gasteiger partial charge < -0.3 is 33.2 Å². The molecule has 0 spiro atoms. The van der Waals surface area contributed by atoms with E-state index < -0.39 is 17.1 Å². The topological polar surface area (TPSA) is 89.4 Å². The fourth-order valence-corrected chi connectivity index (χ4v) is 5.51. The van der Waals surface area contributed by atoms with Crippen LogP contribution < -0.4 is 5.32 Å². The lowest BCUT2D eigenvalue weighted by Gasteiger charge is -2.25. The minimum Gasteiger partial charge on any atom is -0.415 e. The summed E-state index contributed by atoms with van der Waals surface area (Å²) in [4.78, 5) is 0. The van der Waals surface area contributed by atoms with Gasteiger partial charge in [0.05, 0.1) is 12.5 Å². The lowest BCUT2D eigenvalue weighted by atomic mass is 10.4. The van der Waals surface area contributed by atoms with Gasteiger partial charge >= 0.3 is 8.80 Å². The maximum Gasteiger partial charge on any atom is 0.500 e. The summed E-state index contributed by atoms with van der Waals surface area (Å²) in [5.74, 6) is 0. The normalized spacial score (nSPS) is 12.9. The molecule has 0 saturated heterocycles. The van der Waals surface area contributed by atoms with E-state index in [-0.39, 0.29) is 12.5 Å². The van der Waals surface area contributed by atoms with Crippen molar-refractivity contribution in [2.75, 3.05) is 54.0 Å². The summed E-state index contributed by atoms with van der Waals surface area (Å²) in [5, 5.41) is 21.9. The van der Waals surface area contributed by atoms with Crippen LogP contribution in [0, 0.1) is 0 Å². The first-order valence-corrected chi connectivity index (χ1v) is 11.7. The smallest absolute Gasteiger partial charge is 0.415 e. The maximum atomic E-state index is 9.31. The van der Waals surface area contributed by atoms with Crippen molar-refractivity contribution in [2.45, 2.75) is 24.9 Å². The molecule has 0 rings (SSSR count). The number of aliphatic hydroxyl groups is 2. The quantitative estimate of drug-likeness (QED) is 0.300. The lowest BCUT2D eigenvalue weighted by molar-refractivity contribution is 0.123. The van der Waals surface area contributed by atoms with Gasteiger partial charge in [0.1, 0.15) is 0 Å². The first-order chi connectivity index (χ1) is 10.1. The molecule has 3 N–H and O–H groups in total. The van der Waals surface area contributed by atoms with Crippen molar-refractivity contribution in [3.63, 3.8) is 0 Å². The molecule has 0 unspecified atom stereocenters. The standard InChI is InChI=1S/C12H31NO6Si2/c1-16-20(11-14,12-15)9-5-7-13-8-6-10-21(17-2,18-3)19-4/h13-15H,5-12H2,1-4H3. The van der Waals surface area contributed by atoms with E-state index in [0.717, 1.165) is 38.0 Å². The Morgan fingerprint density at radius 1 is 0.762 bits per heavy atom. The SMILES string of the molecule is CO[Si](CO)(CO)CCCNCCC[Si](OC)(OC)OC. The van der Waals surface area contributed by atoms with Crippen LogP contribution in [0.1, 0.15) is 12.8 Å². The zero-order valence-electron chi connectivity index (χ0n) is 13.7. The average molecular weight is 342 g/mol. The van der Waals surface area contributed by atoms with E-state index in [1.54, 1.807) is 28.4 Å². The van der Waals surface area contributed by atoms with E-state index in [0.29, 0.717) is 0 Å².